The van der Waals surface area contributed by atoms with Gasteiger partial charge in [-0.15, -0.1) is 6.42 Å². The molecule has 1 heterocycles. The van der Waals surface area contributed by atoms with Crippen LogP contribution in [0, 0.1) is 19.3 Å². The molecule has 138 valence electrons. The first kappa shape index (κ1) is 18.4. The maximum absolute atomic E-state index is 13.1. The first-order chi connectivity index (χ1) is 12.8. The molecule has 5 nitrogen and oxygen atoms in total. The molecule has 2 N–H and O–H groups in total. The molecule has 3 rings (SSSR count). The molecular formula is C20H17F2N3O2. The van der Waals surface area contributed by atoms with Gasteiger partial charge in [-0.2, -0.15) is 8.78 Å². The van der Waals surface area contributed by atoms with E-state index in [9.17, 15) is 13.6 Å². The Labute approximate surface area is 155 Å². The zero-order chi connectivity index (χ0) is 19.8. The summed E-state index contributed by atoms with van der Waals surface area (Å²) in [6, 6.07) is 11.4. The predicted octanol–water partition coefficient (Wildman–Crippen LogP) is 2.61. The van der Waals surface area contributed by atoms with E-state index in [1.165, 1.54) is 24.1 Å². The topological polar surface area (TPSA) is 67.9 Å². The third-order valence-corrected chi connectivity index (χ3v) is 4.50. The van der Waals surface area contributed by atoms with Gasteiger partial charge in [-0.1, -0.05) is 24.1 Å². The molecule has 2 aromatic carbocycles. The van der Waals surface area contributed by atoms with Crippen molar-refractivity contribution >= 4 is 11.9 Å². The number of guanidine groups is 1. The maximum Gasteiger partial charge on any atom is 0.387 e. The second-order valence-electron chi connectivity index (χ2n) is 6.13. The second-order valence-corrected chi connectivity index (χ2v) is 6.13. The summed E-state index contributed by atoms with van der Waals surface area (Å²) < 4.78 is 29.6. The summed E-state index contributed by atoms with van der Waals surface area (Å²) in [6.45, 7) is -1.33. The van der Waals surface area contributed by atoms with Crippen LogP contribution in [0.3, 0.4) is 0 Å². The fourth-order valence-corrected chi connectivity index (χ4v) is 3.12. The SMILES string of the molecule is C#Cc1cccc(C2(c3ccc(OC(F)F)c(C)c3)N=C(N)N(C)C2=O)c1. The number of alkyl halides is 2. The monoisotopic (exact) mass is 369 g/mol. The van der Waals surface area contributed by atoms with Crippen LogP contribution >= 0.6 is 0 Å². The fraction of sp³-hybridized carbons (Fsp3) is 0.200. The number of hydrogen-bond donors (Lipinski definition) is 1. The molecule has 1 aliphatic heterocycles. The van der Waals surface area contributed by atoms with E-state index >= 15 is 0 Å². The van der Waals surface area contributed by atoms with Crippen LogP contribution in [-0.2, 0) is 10.3 Å². The summed E-state index contributed by atoms with van der Waals surface area (Å²) in [5.74, 6) is 2.24. The molecule has 0 fully saturated rings. The molecular weight excluding hydrogens is 352 g/mol. The number of carbonyl (C=O) groups is 1. The fourth-order valence-electron chi connectivity index (χ4n) is 3.12. The quantitative estimate of drug-likeness (QED) is 0.843. The van der Waals surface area contributed by atoms with Gasteiger partial charge in [-0.25, -0.2) is 4.99 Å². The molecule has 1 atom stereocenters. The standard InChI is InChI=1S/C20H17F2N3O2/c1-4-13-6-5-7-14(11-13)20(17(26)25(3)19(23)24-20)15-8-9-16(12(2)10-15)27-18(21)22/h1,5-11,18H,2-3H3,(H2,23,24). The number of likely N-dealkylation sites (N-methyl/N-ethyl adjacent to an activating group) is 1. The molecule has 0 aromatic heterocycles. The molecule has 0 radical (unpaired) electrons. The average molecular weight is 369 g/mol. The summed E-state index contributed by atoms with van der Waals surface area (Å²) >= 11 is 0. The van der Waals surface area contributed by atoms with Crippen molar-refractivity contribution in [2.45, 2.75) is 19.1 Å². The van der Waals surface area contributed by atoms with E-state index in [-0.39, 0.29) is 17.6 Å². The Morgan fingerprint density at radius 3 is 2.52 bits per heavy atom. The van der Waals surface area contributed by atoms with Crippen molar-refractivity contribution in [2.75, 3.05) is 7.05 Å². The highest BCUT2D eigenvalue weighted by Gasteiger charge is 2.49. The highest BCUT2D eigenvalue weighted by Crippen LogP contribution is 2.40. The summed E-state index contributed by atoms with van der Waals surface area (Å²) in [7, 11) is 1.52. The van der Waals surface area contributed by atoms with Crippen LogP contribution in [-0.4, -0.2) is 30.4 Å². The number of aliphatic imine (C=N–C) groups is 1. The smallest absolute Gasteiger partial charge is 0.387 e. The number of benzene rings is 2. The maximum atomic E-state index is 13.1. The van der Waals surface area contributed by atoms with Gasteiger partial charge in [0.25, 0.3) is 5.91 Å². The molecule has 7 heteroatoms. The first-order valence-corrected chi connectivity index (χ1v) is 8.06. The summed E-state index contributed by atoms with van der Waals surface area (Å²) in [5, 5.41) is 0. The molecule has 0 saturated heterocycles. The lowest BCUT2D eigenvalue weighted by atomic mass is 9.81. The number of aryl methyl sites for hydroxylation is 1. The van der Waals surface area contributed by atoms with Gasteiger partial charge < -0.3 is 10.5 Å². The lowest BCUT2D eigenvalue weighted by molar-refractivity contribution is -0.129. The van der Waals surface area contributed by atoms with Crippen LogP contribution in [0.15, 0.2) is 47.5 Å². The van der Waals surface area contributed by atoms with E-state index in [4.69, 9.17) is 12.2 Å². The Bertz CT molecular complexity index is 981. The molecule has 1 aliphatic rings. The van der Waals surface area contributed by atoms with Crippen molar-refractivity contribution in [1.82, 2.24) is 4.90 Å². The molecule has 0 bridgehead atoms. The van der Waals surface area contributed by atoms with E-state index in [2.05, 4.69) is 15.6 Å². The van der Waals surface area contributed by atoms with E-state index in [1.807, 2.05) is 0 Å². The number of hydrogen-bond acceptors (Lipinski definition) is 4. The van der Waals surface area contributed by atoms with Gasteiger partial charge in [0.1, 0.15) is 5.75 Å². The molecule has 1 amide bonds. The van der Waals surface area contributed by atoms with Crippen molar-refractivity contribution in [3.05, 3.63) is 64.7 Å². The number of rotatable bonds is 4. The van der Waals surface area contributed by atoms with Crippen molar-refractivity contribution in [3.8, 4) is 18.1 Å². The van der Waals surface area contributed by atoms with Gasteiger partial charge >= 0.3 is 6.61 Å². The Morgan fingerprint density at radius 1 is 1.26 bits per heavy atom. The largest absolute Gasteiger partial charge is 0.435 e. The van der Waals surface area contributed by atoms with E-state index in [0.717, 1.165) is 0 Å². The van der Waals surface area contributed by atoms with Gasteiger partial charge in [-0.05, 0) is 47.9 Å². The number of nitrogens with zero attached hydrogens (tertiary/aromatic N) is 2. The van der Waals surface area contributed by atoms with Gasteiger partial charge in [0.05, 0.1) is 0 Å². The third kappa shape index (κ3) is 2.99. The van der Waals surface area contributed by atoms with Crippen LogP contribution in [0.4, 0.5) is 8.78 Å². The van der Waals surface area contributed by atoms with Crippen LogP contribution in [0.2, 0.25) is 0 Å². The molecule has 2 aromatic rings. The van der Waals surface area contributed by atoms with Crippen molar-refractivity contribution in [3.63, 3.8) is 0 Å². The Morgan fingerprint density at radius 2 is 1.96 bits per heavy atom. The second kappa shape index (κ2) is 6.72. The third-order valence-electron chi connectivity index (χ3n) is 4.50. The Hall–Kier alpha value is -3.40. The molecule has 27 heavy (non-hydrogen) atoms. The number of ether oxygens (including phenoxy) is 1. The van der Waals surface area contributed by atoms with Gasteiger partial charge in [0.15, 0.2) is 11.5 Å². The van der Waals surface area contributed by atoms with Crippen LogP contribution in [0.1, 0.15) is 22.3 Å². The van der Waals surface area contributed by atoms with Gasteiger partial charge in [0.2, 0.25) is 0 Å². The molecule has 1 unspecified atom stereocenters. The summed E-state index contributed by atoms with van der Waals surface area (Å²) in [4.78, 5) is 18.8. The van der Waals surface area contributed by atoms with E-state index in [0.29, 0.717) is 22.3 Å². The van der Waals surface area contributed by atoms with E-state index in [1.54, 1.807) is 37.3 Å². The number of halogens is 2. The van der Waals surface area contributed by atoms with Crippen LogP contribution < -0.4 is 10.5 Å². The number of carbonyl (C=O) groups excluding carboxylic acids is 1. The zero-order valence-corrected chi connectivity index (χ0v) is 14.7. The Kier molecular flexibility index (Phi) is 4.58. The minimum atomic E-state index is -2.94. The highest BCUT2D eigenvalue weighted by atomic mass is 19.3. The normalized spacial score (nSPS) is 19.2. The van der Waals surface area contributed by atoms with Gasteiger partial charge in [0, 0.05) is 12.6 Å². The Balaban J connectivity index is 2.22. The van der Waals surface area contributed by atoms with Gasteiger partial charge in [-0.3, -0.25) is 9.69 Å². The lowest BCUT2D eigenvalue weighted by Crippen LogP contribution is -2.41. The number of amides is 1. The zero-order valence-electron chi connectivity index (χ0n) is 14.7. The molecule has 0 aliphatic carbocycles. The van der Waals surface area contributed by atoms with E-state index < -0.39 is 12.2 Å². The average Bonchev–Trinajstić information content (AvgIpc) is 2.88. The van der Waals surface area contributed by atoms with Crippen LogP contribution in [0.25, 0.3) is 0 Å². The predicted molar refractivity (Wildman–Crippen MR) is 97.4 cm³/mol. The molecule has 0 spiro atoms. The number of terminal acetylenes is 1. The van der Waals surface area contributed by atoms with Crippen molar-refractivity contribution < 1.29 is 18.3 Å². The molecule has 0 saturated carbocycles. The van der Waals surface area contributed by atoms with Crippen molar-refractivity contribution in [1.29, 1.82) is 0 Å². The summed E-state index contributed by atoms with van der Waals surface area (Å²) in [5.41, 5.74) is 6.51. The summed E-state index contributed by atoms with van der Waals surface area (Å²) in [6.07, 6.45) is 5.49. The lowest BCUT2D eigenvalue weighted by Gasteiger charge is -2.27. The number of nitrogens with two attached hydrogens (primary N) is 1. The minimum Gasteiger partial charge on any atom is -0.435 e. The first-order valence-electron chi connectivity index (χ1n) is 8.06. The van der Waals surface area contributed by atoms with Crippen LogP contribution in [0.5, 0.6) is 5.75 Å². The highest BCUT2D eigenvalue weighted by molar-refractivity contribution is 6.09. The van der Waals surface area contributed by atoms with Crippen molar-refractivity contribution in [2.24, 2.45) is 10.7 Å². The minimum absolute atomic E-state index is 0.0250.